The van der Waals surface area contributed by atoms with Crippen LogP contribution in [0.5, 0.6) is 5.88 Å². The molecule has 3 N–H and O–H groups in total. The Morgan fingerprint density at radius 2 is 2.03 bits per heavy atom. The number of nitrogen functional groups attached to an aromatic ring is 1. The number of carboxylic acid groups (broad SMARTS) is 1. The largest absolute Gasteiger partial charge is 0.481 e. The minimum Gasteiger partial charge on any atom is -0.481 e. The molecule has 0 radical (unpaired) electrons. The van der Waals surface area contributed by atoms with Crippen LogP contribution in [0.1, 0.15) is 62.6 Å². The van der Waals surface area contributed by atoms with Crippen LogP contribution in [0.3, 0.4) is 0 Å². The molecule has 1 aliphatic carbocycles. The van der Waals surface area contributed by atoms with Crippen molar-refractivity contribution in [3.05, 3.63) is 41.2 Å². The van der Waals surface area contributed by atoms with Gasteiger partial charge < -0.3 is 20.3 Å². The van der Waals surface area contributed by atoms with Gasteiger partial charge >= 0.3 is 5.97 Å². The lowest BCUT2D eigenvalue weighted by Crippen LogP contribution is -2.41. The molecule has 0 unspecified atom stereocenters. The van der Waals surface area contributed by atoms with Crippen molar-refractivity contribution in [1.29, 1.82) is 0 Å². The van der Waals surface area contributed by atoms with Crippen LogP contribution in [0, 0.1) is 5.92 Å². The van der Waals surface area contributed by atoms with E-state index in [1.807, 2.05) is 13.8 Å². The molecule has 0 atom stereocenters. The van der Waals surface area contributed by atoms with Gasteiger partial charge in [0.15, 0.2) is 11.5 Å². The Kier molecular flexibility index (Phi) is 4.51. The summed E-state index contributed by atoms with van der Waals surface area (Å²) in [4.78, 5) is 24.0. The Balaban J connectivity index is 1.46. The van der Waals surface area contributed by atoms with Crippen LogP contribution in [0.2, 0.25) is 0 Å². The number of aliphatic carboxylic acids is 1. The van der Waals surface area contributed by atoms with Crippen molar-refractivity contribution in [2.45, 2.75) is 63.8 Å². The zero-order valence-electron chi connectivity index (χ0n) is 17.7. The Hall–Kier alpha value is -3.00. The van der Waals surface area contributed by atoms with Gasteiger partial charge in [-0.3, -0.25) is 4.79 Å². The zero-order chi connectivity index (χ0) is 21.8. The maximum atomic E-state index is 11.0. The van der Waals surface area contributed by atoms with Crippen LogP contribution in [0.4, 0.5) is 11.5 Å². The Labute approximate surface area is 180 Å². The average molecular weight is 422 g/mol. The first-order chi connectivity index (χ1) is 14.8. The molecule has 162 valence electrons. The van der Waals surface area contributed by atoms with Crippen LogP contribution in [-0.2, 0) is 21.7 Å². The van der Waals surface area contributed by atoms with Crippen LogP contribution >= 0.6 is 0 Å². The lowest BCUT2D eigenvalue weighted by atomic mass is 9.74. The third-order valence-corrected chi connectivity index (χ3v) is 6.71. The molecule has 0 saturated heterocycles. The number of anilines is 1. The molecule has 31 heavy (non-hydrogen) atoms. The van der Waals surface area contributed by atoms with E-state index < -0.39 is 11.6 Å². The van der Waals surface area contributed by atoms with E-state index in [0.717, 1.165) is 42.5 Å². The van der Waals surface area contributed by atoms with Crippen LogP contribution < -0.4 is 10.5 Å². The van der Waals surface area contributed by atoms with E-state index in [4.69, 9.17) is 25.3 Å². The molecule has 8 nitrogen and oxygen atoms in total. The van der Waals surface area contributed by atoms with Gasteiger partial charge in [-0.05, 0) is 62.6 Å². The summed E-state index contributed by atoms with van der Waals surface area (Å²) < 4.78 is 12.4. The van der Waals surface area contributed by atoms with Gasteiger partial charge in [-0.1, -0.05) is 12.1 Å². The number of nitrogens with zero attached hydrogens (tertiary/aromatic N) is 3. The van der Waals surface area contributed by atoms with Crippen molar-refractivity contribution in [2.75, 3.05) is 5.73 Å². The first kappa shape index (κ1) is 19.9. The molecule has 1 spiro atoms. The minimum absolute atomic E-state index is 0.234. The van der Waals surface area contributed by atoms with Gasteiger partial charge in [-0.2, -0.15) is 4.98 Å². The molecule has 0 amide bonds. The van der Waals surface area contributed by atoms with E-state index in [-0.39, 0.29) is 17.9 Å². The fourth-order valence-corrected chi connectivity index (χ4v) is 5.11. The van der Waals surface area contributed by atoms with Crippen molar-refractivity contribution in [3.63, 3.8) is 0 Å². The number of aromatic nitrogens is 2. The lowest BCUT2D eigenvalue weighted by Gasteiger charge is -2.37. The first-order valence-electron chi connectivity index (χ1n) is 10.7. The number of aliphatic imine (C=N–C) groups is 1. The molecular formula is C23H26N4O4. The van der Waals surface area contributed by atoms with E-state index in [9.17, 15) is 4.79 Å². The average Bonchev–Trinajstić information content (AvgIpc) is 3.06. The summed E-state index contributed by atoms with van der Waals surface area (Å²) in [6, 6.07) is 6.32. The van der Waals surface area contributed by atoms with Crippen molar-refractivity contribution >= 4 is 23.2 Å². The highest BCUT2D eigenvalue weighted by molar-refractivity contribution is 6.09. The van der Waals surface area contributed by atoms with E-state index in [0.29, 0.717) is 24.0 Å². The van der Waals surface area contributed by atoms with E-state index in [1.54, 1.807) is 0 Å². The Bertz CT molecular complexity index is 1090. The van der Waals surface area contributed by atoms with Gasteiger partial charge in [0.2, 0.25) is 5.88 Å². The molecule has 8 heteroatoms. The monoisotopic (exact) mass is 422 g/mol. The molecule has 3 heterocycles. The van der Waals surface area contributed by atoms with Crippen LogP contribution in [0.25, 0.3) is 0 Å². The van der Waals surface area contributed by atoms with Gasteiger partial charge in [-0.15, -0.1) is 0 Å². The third kappa shape index (κ3) is 3.35. The standard InChI is InChI=1S/C23H26N4O4/c1-22(2)19(27-18-20(24)25-12-26-21(18)31-22)14-3-4-16-15(10-14)11-30-23(16)7-5-13(6-8-23)9-17(28)29/h3-4,10,12-13H,5-9,11H2,1-2H3,(H,28,29)(H2,24,25,26). The lowest BCUT2D eigenvalue weighted by molar-refractivity contribution is -0.139. The summed E-state index contributed by atoms with van der Waals surface area (Å²) in [5, 5.41) is 9.09. The minimum atomic E-state index is -0.718. The molecule has 5 rings (SSSR count). The second kappa shape index (κ2) is 7.02. The summed E-state index contributed by atoms with van der Waals surface area (Å²) in [6.45, 7) is 4.47. The molecule has 2 aromatic rings. The summed E-state index contributed by atoms with van der Waals surface area (Å²) >= 11 is 0. The fraction of sp³-hybridized carbons (Fsp3) is 0.478. The van der Waals surface area contributed by atoms with Gasteiger partial charge in [0.05, 0.1) is 17.9 Å². The number of carbonyl (C=O) groups is 1. The quantitative estimate of drug-likeness (QED) is 0.773. The van der Waals surface area contributed by atoms with E-state index in [1.165, 1.54) is 11.9 Å². The first-order valence-corrected chi connectivity index (χ1v) is 10.7. The van der Waals surface area contributed by atoms with Crippen molar-refractivity contribution < 1.29 is 19.4 Å². The van der Waals surface area contributed by atoms with Gasteiger partial charge in [0.1, 0.15) is 11.9 Å². The topological polar surface area (TPSA) is 120 Å². The predicted octanol–water partition coefficient (Wildman–Crippen LogP) is 3.74. The van der Waals surface area contributed by atoms with Crippen molar-refractivity contribution in [2.24, 2.45) is 10.9 Å². The molecular weight excluding hydrogens is 396 g/mol. The maximum Gasteiger partial charge on any atom is 0.303 e. The van der Waals surface area contributed by atoms with Gasteiger partial charge in [0, 0.05) is 12.0 Å². The maximum absolute atomic E-state index is 11.0. The second-order valence-electron chi connectivity index (χ2n) is 9.18. The fourth-order valence-electron chi connectivity index (χ4n) is 5.11. The van der Waals surface area contributed by atoms with Crippen LogP contribution in [-0.4, -0.2) is 32.4 Å². The van der Waals surface area contributed by atoms with Crippen molar-refractivity contribution in [1.82, 2.24) is 9.97 Å². The number of rotatable bonds is 3. The number of nitrogens with two attached hydrogens (primary N) is 1. The number of hydrogen-bond acceptors (Lipinski definition) is 7. The van der Waals surface area contributed by atoms with Crippen LogP contribution in [0.15, 0.2) is 29.5 Å². The molecule has 3 aliphatic rings. The summed E-state index contributed by atoms with van der Waals surface area (Å²) in [6.07, 6.45) is 5.07. The molecule has 0 bridgehead atoms. The molecule has 1 saturated carbocycles. The second-order valence-corrected chi connectivity index (χ2v) is 9.18. The van der Waals surface area contributed by atoms with E-state index >= 15 is 0 Å². The smallest absolute Gasteiger partial charge is 0.303 e. The number of ether oxygens (including phenoxy) is 2. The molecule has 1 fully saturated rings. The summed E-state index contributed by atoms with van der Waals surface area (Å²) in [7, 11) is 0. The number of carboxylic acids is 1. The number of fused-ring (bicyclic) bond motifs is 3. The zero-order valence-corrected chi connectivity index (χ0v) is 17.7. The highest BCUT2D eigenvalue weighted by atomic mass is 16.5. The number of benzene rings is 1. The third-order valence-electron chi connectivity index (χ3n) is 6.71. The highest BCUT2D eigenvalue weighted by Gasteiger charge is 2.44. The normalized spacial score (nSPS) is 26.0. The molecule has 2 aliphatic heterocycles. The predicted molar refractivity (Wildman–Crippen MR) is 114 cm³/mol. The molecule has 1 aromatic heterocycles. The van der Waals surface area contributed by atoms with Gasteiger partial charge in [-0.25, -0.2) is 9.98 Å². The summed E-state index contributed by atoms with van der Waals surface area (Å²) in [5.41, 5.74) is 9.58. The molecule has 1 aromatic carbocycles. The Morgan fingerprint density at radius 3 is 2.77 bits per heavy atom. The van der Waals surface area contributed by atoms with E-state index in [2.05, 4.69) is 28.2 Å². The summed E-state index contributed by atoms with van der Waals surface area (Å²) in [5.74, 6) is 0.198. The van der Waals surface area contributed by atoms with Crippen molar-refractivity contribution in [3.8, 4) is 5.88 Å². The van der Waals surface area contributed by atoms with Gasteiger partial charge in [0.25, 0.3) is 0 Å². The Morgan fingerprint density at radius 1 is 1.26 bits per heavy atom. The highest BCUT2D eigenvalue weighted by Crippen LogP contribution is 2.49. The number of hydrogen-bond donors (Lipinski definition) is 2. The SMILES string of the molecule is CC1(C)Oc2ncnc(N)c2N=C1c1ccc2c(c1)COC21CCC(CC(=O)O)CC1.